The molecule has 1 saturated heterocycles. The molecule has 1 aliphatic rings. The van der Waals surface area contributed by atoms with Crippen LogP contribution < -0.4 is 5.73 Å². The summed E-state index contributed by atoms with van der Waals surface area (Å²) in [6, 6.07) is 4.80. The van der Waals surface area contributed by atoms with Gasteiger partial charge in [-0.2, -0.15) is 4.31 Å². The second kappa shape index (κ2) is 5.35. The number of hydrogen-bond acceptors (Lipinski definition) is 3. The predicted molar refractivity (Wildman–Crippen MR) is 76.8 cm³/mol. The SMILES string of the molecule is Cc1ccc(S(=O)(=O)N2C[C@@H](C)[C@H](C(N)=O)C2)c(Cl)c1. The predicted octanol–water partition coefficient (Wildman–Crippen LogP) is 1.39. The number of benzene rings is 1. The number of nitrogens with two attached hydrogens (primary N) is 1. The number of halogens is 1. The molecule has 0 unspecified atom stereocenters. The lowest BCUT2D eigenvalue weighted by Crippen LogP contribution is -2.32. The third-order valence-electron chi connectivity index (χ3n) is 3.65. The van der Waals surface area contributed by atoms with Crippen molar-refractivity contribution in [3.05, 3.63) is 28.8 Å². The molecule has 1 heterocycles. The number of nitrogens with zero attached hydrogens (tertiary/aromatic N) is 1. The van der Waals surface area contributed by atoms with Gasteiger partial charge in [-0.15, -0.1) is 0 Å². The maximum absolute atomic E-state index is 12.6. The van der Waals surface area contributed by atoms with Crippen molar-refractivity contribution in [1.82, 2.24) is 4.31 Å². The lowest BCUT2D eigenvalue weighted by atomic mass is 9.98. The summed E-state index contributed by atoms with van der Waals surface area (Å²) >= 11 is 6.03. The average Bonchev–Trinajstić information content (AvgIpc) is 2.71. The molecule has 1 amide bonds. The molecule has 0 saturated carbocycles. The minimum atomic E-state index is -3.69. The molecule has 1 aliphatic heterocycles. The van der Waals surface area contributed by atoms with E-state index >= 15 is 0 Å². The third kappa shape index (κ3) is 2.68. The quantitative estimate of drug-likeness (QED) is 0.915. The van der Waals surface area contributed by atoms with Gasteiger partial charge in [-0.25, -0.2) is 8.42 Å². The zero-order chi connectivity index (χ0) is 15.1. The van der Waals surface area contributed by atoms with Gasteiger partial charge in [-0.05, 0) is 30.5 Å². The fourth-order valence-electron chi connectivity index (χ4n) is 2.44. The van der Waals surface area contributed by atoms with Crippen LogP contribution in [0.15, 0.2) is 23.1 Å². The van der Waals surface area contributed by atoms with Crippen LogP contribution in [0.1, 0.15) is 12.5 Å². The van der Waals surface area contributed by atoms with Crippen molar-refractivity contribution >= 4 is 27.5 Å². The summed E-state index contributed by atoms with van der Waals surface area (Å²) in [7, 11) is -3.69. The van der Waals surface area contributed by atoms with E-state index in [0.29, 0.717) is 0 Å². The van der Waals surface area contributed by atoms with Crippen molar-refractivity contribution < 1.29 is 13.2 Å². The minimum absolute atomic E-state index is 0.0714. The first-order chi connectivity index (χ1) is 9.23. The molecule has 2 N–H and O–H groups in total. The maximum atomic E-state index is 12.6. The molecular weight excluding hydrogens is 300 g/mol. The number of aryl methyl sites for hydroxylation is 1. The zero-order valence-electron chi connectivity index (χ0n) is 11.3. The standard InChI is InChI=1S/C13H17ClN2O3S/c1-8-3-4-12(11(14)5-8)20(18,19)16-6-9(2)10(7-16)13(15)17/h3-5,9-10H,6-7H2,1-2H3,(H2,15,17)/t9-,10-/m1/s1. The number of primary amides is 1. The highest BCUT2D eigenvalue weighted by Crippen LogP contribution is 2.31. The maximum Gasteiger partial charge on any atom is 0.244 e. The van der Waals surface area contributed by atoms with Crippen LogP contribution in [-0.4, -0.2) is 31.7 Å². The van der Waals surface area contributed by atoms with Gasteiger partial charge in [0, 0.05) is 13.1 Å². The molecule has 2 rings (SSSR count). The lowest BCUT2D eigenvalue weighted by Gasteiger charge is -2.17. The van der Waals surface area contributed by atoms with Gasteiger partial charge < -0.3 is 5.73 Å². The number of rotatable bonds is 3. The first-order valence-electron chi connectivity index (χ1n) is 6.29. The van der Waals surface area contributed by atoms with Crippen molar-refractivity contribution in [3.8, 4) is 0 Å². The van der Waals surface area contributed by atoms with Crippen LogP contribution in [0, 0.1) is 18.8 Å². The Bertz CT molecular complexity index is 645. The Morgan fingerprint density at radius 2 is 2.05 bits per heavy atom. The first kappa shape index (κ1) is 15.3. The Labute approximate surface area is 123 Å². The second-order valence-electron chi connectivity index (χ2n) is 5.24. The van der Waals surface area contributed by atoms with Gasteiger partial charge in [0.1, 0.15) is 4.90 Å². The van der Waals surface area contributed by atoms with Crippen LogP contribution >= 0.6 is 11.6 Å². The van der Waals surface area contributed by atoms with Gasteiger partial charge in [0.15, 0.2) is 0 Å². The van der Waals surface area contributed by atoms with Crippen molar-refractivity contribution in [2.75, 3.05) is 13.1 Å². The van der Waals surface area contributed by atoms with E-state index in [0.717, 1.165) is 5.56 Å². The zero-order valence-corrected chi connectivity index (χ0v) is 12.9. The molecule has 1 aromatic rings. The molecule has 2 atom stereocenters. The van der Waals surface area contributed by atoms with Crippen LogP contribution in [0.4, 0.5) is 0 Å². The summed E-state index contributed by atoms with van der Waals surface area (Å²) in [6.45, 7) is 4.05. The third-order valence-corrected chi connectivity index (χ3v) is 5.96. The highest BCUT2D eigenvalue weighted by molar-refractivity contribution is 7.89. The summed E-state index contributed by atoms with van der Waals surface area (Å²) in [5, 5.41) is 0.195. The smallest absolute Gasteiger partial charge is 0.244 e. The fourth-order valence-corrected chi connectivity index (χ4v) is 4.58. The molecule has 5 nitrogen and oxygen atoms in total. The number of sulfonamides is 1. The largest absolute Gasteiger partial charge is 0.369 e. The second-order valence-corrected chi connectivity index (χ2v) is 7.56. The van der Waals surface area contributed by atoms with Crippen LogP contribution in [0.3, 0.4) is 0 Å². The van der Waals surface area contributed by atoms with E-state index in [1.54, 1.807) is 12.1 Å². The van der Waals surface area contributed by atoms with Crippen molar-refractivity contribution in [2.24, 2.45) is 17.6 Å². The molecule has 0 spiro atoms. The molecular formula is C13H17ClN2O3S. The monoisotopic (exact) mass is 316 g/mol. The minimum Gasteiger partial charge on any atom is -0.369 e. The van der Waals surface area contributed by atoms with Gasteiger partial charge in [-0.3, -0.25) is 4.79 Å². The van der Waals surface area contributed by atoms with Crippen molar-refractivity contribution in [3.63, 3.8) is 0 Å². The Balaban J connectivity index is 2.35. The van der Waals surface area contributed by atoms with Gasteiger partial charge in [-0.1, -0.05) is 24.6 Å². The lowest BCUT2D eigenvalue weighted by molar-refractivity contribution is -0.122. The highest BCUT2D eigenvalue weighted by Gasteiger charge is 2.40. The van der Waals surface area contributed by atoms with E-state index in [1.165, 1.54) is 10.4 Å². The average molecular weight is 317 g/mol. The molecule has 0 aliphatic carbocycles. The molecule has 1 aromatic carbocycles. The Hall–Kier alpha value is -1.11. The molecule has 110 valence electrons. The van der Waals surface area contributed by atoms with Crippen LogP contribution in [0.2, 0.25) is 5.02 Å². The summed E-state index contributed by atoms with van der Waals surface area (Å²) in [5.74, 6) is -1.01. The fraction of sp³-hybridized carbons (Fsp3) is 0.462. The number of amides is 1. The van der Waals surface area contributed by atoms with E-state index in [1.807, 2.05) is 13.8 Å². The molecule has 20 heavy (non-hydrogen) atoms. The van der Waals surface area contributed by atoms with Crippen LogP contribution in [-0.2, 0) is 14.8 Å². The van der Waals surface area contributed by atoms with Gasteiger partial charge >= 0.3 is 0 Å². The molecule has 7 heteroatoms. The van der Waals surface area contributed by atoms with Crippen molar-refractivity contribution in [1.29, 1.82) is 0 Å². The molecule has 1 fully saturated rings. The van der Waals surface area contributed by atoms with Gasteiger partial charge in [0.25, 0.3) is 0 Å². The van der Waals surface area contributed by atoms with E-state index in [2.05, 4.69) is 0 Å². The summed E-state index contributed by atoms with van der Waals surface area (Å²) in [4.78, 5) is 11.4. The Morgan fingerprint density at radius 1 is 1.40 bits per heavy atom. The summed E-state index contributed by atoms with van der Waals surface area (Å²) in [6.07, 6.45) is 0. The summed E-state index contributed by atoms with van der Waals surface area (Å²) in [5.41, 5.74) is 6.18. The van der Waals surface area contributed by atoms with Crippen LogP contribution in [0.25, 0.3) is 0 Å². The molecule has 0 bridgehead atoms. The van der Waals surface area contributed by atoms with Gasteiger partial charge in [0.05, 0.1) is 10.9 Å². The number of hydrogen-bond donors (Lipinski definition) is 1. The topological polar surface area (TPSA) is 80.5 Å². The normalized spacial score (nSPS) is 23.9. The number of carbonyl (C=O) groups excluding carboxylic acids is 1. The Morgan fingerprint density at radius 3 is 2.55 bits per heavy atom. The summed E-state index contributed by atoms with van der Waals surface area (Å²) < 4.78 is 26.4. The van der Waals surface area contributed by atoms with Crippen LogP contribution in [0.5, 0.6) is 0 Å². The highest BCUT2D eigenvalue weighted by atomic mass is 35.5. The Kier molecular flexibility index (Phi) is 4.09. The number of carbonyl (C=O) groups is 1. The molecule has 0 aromatic heterocycles. The van der Waals surface area contributed by atoms with E-state index in [-0.39, 0.29) is 28.9 Å². The van der Waals surface area contributed by atoms with E-state index in [4.69, 9.17) is 17.3 Å². The molecule has 0 radical (unpaired) electrons. The van der Waals surface area contributed by atoms with Crippen molar-refractivity contribution in [2.45, 2.75) is 18.7 Å². The van der Waals surface area contributed by atoms with E-state index < -0.39 is 21.8 Å². The first-order valence-corrected chi connectivity index (χ1v) is 8.11. The van der Waals surface area contributed by atoms with Gasteiger partial charge in [0.2, 0.25) is 15.9 Å². The van der Waals surface area contributed by atoms with E-state index in [9.17, 15) is 13.2 Å².